The molecular formula is C20H23FN4O. The molecule has 2 saturated heterocycles. The molecule has 0 N–H and O–H groups in total. The van der Waals surface area contributed by atoms with E-state index in [1.54, 1.807) is 6.20 Å². The lowest BCUT2D eigenvalue weighted by molar-refractivity contribution is 0.0792. The molecule has 0 unspecified atom stereocenters. The first-order chi connectivity index (χ1) is 12.7. The van der Waals surface area contributed by atoms with Crippen LogP contribution in [-0.4, -0.2) is 55.1 Å². The number of anilines is 2. The third kappa shape index (κ3) is 3.49. The number of piperazine rings is 1. The number of aromatic nitrogens is 1. The number of amides is 1. The second-order valence-corrected chi connectivity index (χ2v) is 6.85. The molecule has 5 nitrogen and oxygen atoms in total. The van der Waals surface area contributed by atoms with Crippen molar-refractivity contribution < 1.29 is 9.18 Å². The number of carbonyl (C=O) groups is 1. The first kappa shape index (κ1) is 16.8. The number of hydrogen-bond acceptors (Lipinski definition) is 4. The summed E-state index contributed by atoms with van der Waals surface area (Å²) >= 11 is 0. The van der Waals surface area contributed by atoms with E-state index in [4.69, 9.17) is 0 Å². The maximum Gasteiger partial charge on any atom is 0.255 e. The minimum atomic E-state index is -0.208. The Morgan fingerprint density at radius 2 is 1.50 bits per heavy atom. The van der Waals surface area contributed by atoms with Crippen molar-refractivity contribution >= 4 is 17.4 Å². The van der Waals surface area contributed by atoms with Crippen LogP contribution in [-0.2, 0) is 0 Å². The van der Waals surface area contributed by atoms with Gasteiger partial charge in [0.05, 0.1) is 5.56 Å². The lowest BCUT2D eigenvalue weighted by Crippen LogP contribution is -2.46. The first-order valence-corrected chi connectivity index (χ1v) is 9.21. The Morgan fingerprint density at radius 1 is 0.846 bits per heavy atom. The average Bonchev–Trinajstić information content (AvgIpc) is 3.23. The lowest BCUT2D eigenvalue weighted by Gasteiger charge is -2.36. The Labute approximate surface area is 153 Å². The summed E-state index contributed by atoms with van der Waals surface area (Å²) in [6, 6.07) is 10.5. The molecule has 1 aromatic heterocycles. The Hall–Kier alpha value is -2.63. The van der Waals surface area contributed by atoms with Crippen LogP contribution in [0.4, 0.5) is 15.9 Å². The second kappa shape index (κ2) is 7.32. The monoisotopic (exact) mass is 354 g/mol. The van der Waals surface area contributed by atoms with Gasteiger partial charge < -0.3 is 14.7 Å². The van der Waals surface area contributed by atoms with Gasteiger partial charge >= 0.3 is 0 Å². The summed E-state index contributed by atoms with van der Waals surface area (Å²) in [4.78, 5) is 23.3. The summed E-state index contributed by atoms with van der Waals surface area (Å²) in [5.74, 6) is 0.782. The highest BCUT2D eigenvalue weighted by Gasteiger charge is 2.21. The maximum atomic E-state index is 13.1. The van der Waals surface area contributed by atoms with Crippen molar-refractivity contribution in [3.63, 3.8) is 0 Å². The molecule has 26 heavy (non-hydrogen) atoms. The fraction of sp³-hybridized carbons (Fsp3) is 0.400. The highest BCUT2D eigenvalue weighted by Crippen LogP contribution is 2.20. The molecule has 1 aromatic carbocycles. The molecule has 0 spiro atoms. The topological polar surface area (TPSA) is 39.7 Å². The van der Waals surface area contributed by atoms with Crippen LogP contribution >= 0.6 is 0 Å². The normalized spacial score (nSPS) is 17.7. The second-order valence-electron chi connectivity index (χ2n) is 6.85. The standard InChI is InChI=1S/C20H23FN4O/c21-17-4-6-18(7-5-17)23-11-13-24(14-12-23)19-8-3-16(15-22-19)20(26)25-9-1-2-10-25/h3-8,15H,1-2,9-14H2. The van der Waals surface area contributed by atoms with E-state index < -0.39 is 0 Å². The van der Waals surface area contributed by atoms with Crippen molar-refractivity contribution in [1.82, 2.24) is 9.88 Å². The maximum absolute atomic E-state index is 13.1. The molecule has 136 valence electrons. The van der Waals surface area contributed by atoms with E-state index >= 15 is 0 Å². The number of rotatable bonds is 3. The Kier molecular flexibility index (Phi) is 4.73. The van der Waals surface area contributed by atoms with Gasteiger partial charge in [0.1, 0.15) is 11.6 Å². The molecule has 0 saturated carbocycles. The molecule has 3 heterocycles. The van der Waals surface area contributed by atoms with Gasteiger partial charge in [-0.2, -0.15) is 0 Å². The van der Waals surface area contributed by atoms with Gasteiger partial charge in [0.15, 0.2) is 0 Å². The van der Waals surface area contributed by atoms with E-state index in [2.05, 4.69) is 14.8 Å². The molecular weight excluding hydrogens is 331 g/mol. The Bertz CT molecular complexity index is 748. The SMILES string of the molecule is O=C(c1ccc(N2CCN(c3ccc(F)cc3)CC2)nc1)N1CCCC1. The predicted molar refractivity (Wildman–Crippen MR) is 100 cm³/mol. The molecule has 0 aliphatic carbocycles. The first-order valence-electron chi connectivity index (χ1n) is 9.21. The van der Waals surface area contributed by atoms with Crippen LogP contribution in [0.25, 0.3) is 0 Å². The van der Waals surface area contributed by atoms with Gasteiger partial charge in [0.25, 0.3) is 5.91 Å². The Morgan fingerprint density at radius 3 is 2.12 bits per heavy atom. The van der Waals surface area contributed by atoms with E-state index in [0.29, 0.717) is 5.56 Å². The van der Waals surface area contributed by atoms with E-state index in [1.807, 2.05) is 29.2 Å². The molecule has 2 aromatic rings. The number of carbonyl (C=O) groups excluding carboxylic acids is 1. The molecule has 0 atom stereocenters. The third-order valence-electron chi connectivity index (χ3n) is 5.18. The van der Waals surface area contributed by atoms with E-state index in [0.717, 1.165) is 63.6 Å². The summed E-state index contributed by atoms with van der Waals surface area (Å²) < 4.78 is 13.1. The smallest absolute Gasteiger partial charge is 0.255 e. The van der Waals surface area contributed by atoms with Crippen molar-refractivity contribution in [3.05, 3.63) is 54.0 Å². The summed E-state index contributed by atoms with van der Waals surface area (Å²) in [5, 5.41) is 0. The number of likely N-dealkylation sites (tertiary alicyclic amines) is 1. The minimum Gasteiger partial charge on any atom is -0.368 e. The van der Waals surface area contributed by atoms with E-state index in [-0.39, 0.29) is 11.7 Å². The zero-order valence-corrected chi connectivity index (χ0v) is 14.8. The van der Waals surface area contributed by atoms with Gasteiger partial charge in [-0.15, -0.1) is 0 Å². The fourth-order valence-corrected chi connectivity index (χ4v) is 3.65. The van der Waals surface area contributed by atoms with E-state index in [1.165, 1.54) is 12.1 Å². The van der Waals surface area contributed by atoms with Crippen LogP contribution in [0.3, 0.4) is 0 Å². The van der Waals surface area contributed by atoms with Gasteiger partial charge in [0.2, 0.25) is 0 Å². The van der Waals surface area contributed by atoms with Crippen molar-refractivity contribution in [2.24, 2.45) is 0 Å². The summed E-state index contributed by atoms with van der Waals surface area (Å²) in [6.07, 6.45) is 3.88. The molecule has 4 rings (SSSR count). The van der Waals surface area contributed by atoms with Crippen LogP contribution in [0.2, 0.25) is 0 Å². The molecule has 0 radical (unpaired) electrons. The quantitative estimate of drug-likeness (QED) is 0.850. The van der Waals surface area contributed by atoms with Crippen LogP contribution in [0, 0.1) is 5.82 Å². The van der Waals surface area contributed by atoms with Gasteiger partial charge in [0, 0.05) is 51.2 Å². The highest BCUT2D eigenvalue weighted by molar-refractivity contribution is 5.94. The fourth-order valence-electron chi connectivity index (χ4n) is 3.65. The third-order valence-corrected chi connectivity index (χ3v) is 5.18. The van der Waals surface area contributed by atoms with Crippen molar-refractivity contribution in [1.29, 1.82) is 0 Å². The van der Waals surface area contributed by atoms with Gasteiger partial charge in [-0.1, -0.05) is 0 Å². The largest absolute Gasteiger partial charge is 0.368 e. The highest BCUT2D eigenvalue weighted by atomic mass is 19.1. The van der Waals surface area contributed by atoms with Gasteiger partial charge in [-0.05, 0) is 49.2 Å². The van der Waals surface area contributed by atoms with Crippen molar-refractivity contribution in [2.75, 3.05) is 49.1 Å². The van der Waals surface area contributed by atoms with Crippen molar-refractivity contribution in [3.8, 4) is 0 Å². The summed E-state index contributed by atoms with van der Waals surface area (Å²) in [5.41, 5.74) is 1.71. The number of benzene rings is 1. The zero-order chi connectivity index (χ0) is 17.9. The number of nitrogens with zero attached hydrogens (tertiary/aromatic N) is 4. The molecule has 2 fully saturated rings. The summed E-state index contributed by atoms with van der Waals surface area (Å²) in [6.45, 7) is 5.13. The van der Waals surface area contributed by atoms with Crippen LogP contribution in [0.5, 0.6) is 0 Å². The van der Waals surface area contributed by atoms with Crippen LogP contribution < -0.4 is 9.80 Å². The van der Waals surface area contributed by atoms with E-state index in [9.17, 15) is 9.18 Å². The van der Waals surface area contributed by atoms with Crippen LogP contribution in [0.1, 0.15) is 23.2 Å². The van der Waals surface area contributed by atoms with Gasteiger partial charge in [-0.3, -0.25) is 4.79 Å². The lowest BCUT2D eigenvalue weighted by atomic mass is 10.2. The molecule has 0 bridgehead atoms. The Balaban J connectivity index is 1.37. The summed E-state index contributed by atoms with van der Waals surface area (Å²) in [7, 11) is 0. The number of halogens is 1. The molecule has 2 aliphatic heterocycles. The molecule has 6 heteroatoms. The minimum absolute atomic E-state index is 0.0858. The van der Waals surface area contributed by atoms with Crippen molar-refractivity contribution in [2.45, 2.75) is 12.8 Å². The number of hydrogen-bond donors (Lipinski definition) is 0. The molecule has 1 amide bonds. The molecule has 2 aliphatic rings. The zero-order valence-electron chi connectivity index (χ0n) is 14.8. The van der Waals surface area contributed by atoms with Gasteiger partial charge in [-0.25, -0.2) is 9.37 Å². The number of pyridine rings is 1. The predicted octanol–water partition coefficient (Wildman–Crippen LogP) is 2.78. The average molecular weight is 354 g/mol. The van der Waals surface area contributed by atoms with Crippen LogP contribution in [0.15, 0.2) is 42.6 Å².